The van der Waals surface area contributed by atoms with Crippen LogP contribution in [-0.4, -0.2) is 32.3 Å². The highest BCUT2D eigenvalue weighted by molar-refractivity contribution is 5.82. The number of rotatable bonds is 4. The number of fused-ring (bicyclic) bond motifs is 1. The summed E-state index contributed by atoms with van der Waals surface area (Å²) in [5.41, 5.74) is 6.30. The number of carbonyl (C=O) groups is 1. The highest BCUT2D eigenvalue weighted by atomic mass is 19.1. The minimum atomic E-state index is -0.732. The molecule has 0 fully saturated rings. The molecule has 19 heavy (non-hydrogen) atoms. The Labute approximate surface area is 110 Å². The minimum absolute atomic E-state index is 0.144. The Hall–Kier alpha value is -1.66. The van der Waals surface area contributed by atoms with E-state index < -0.39 is 11.9 Å². The maximum absolute atomic E-state index is 13.6. The molecule has 6 heteroatoms. The smallest absolute Gasteiger partial charge is 0.239 e. The van der Waals surface area contributed by atoms with Crippen LogP contribution in [0.5, 0.6) is 5.75 Å². The molecule has 0 aromatic heterocycles. The molecule has 0 aliphatic carbocycles. The molecule has 0 radical (unpaired) electrons. The lowest BCUT2D eigenvalue weighted by atomic mass is 10.00. The summed E-state index contributed by atoms with van der Waals surface area (Å²) in [4.78, 5) is 11.8. The van der Waals surface area contributed by atoms with E-state index in [2.05, 4.69) is 5.32 Å². The summed E-state index contributed by atoms with van der Waals surface area (Å²) in [6.45, 7) is 0.503. The van der Waals surface area contributed by atoms with Gasteiger partial charge in [-0.1, -0.05) is 12.1 Å². The van der Waals surface area contributed by atoms with Gasteiger partial charge in [0.2, 0.25) is 5.91 Å². The third-order valence-corrected chi connectivity index (χ3v) is 3.03. The number of hydrogen-bond acceptors (Lipinski definition) is 4. The van der Waals surface area contributed by atoms with Gasteiger partial charge >= 0.3 is 0 Å². The Morgan fingerprint density at radius 2 is 2.47 bits per heavy atom. The number of benzene rings is 1. The van der Waals surface area contributed by atoms with Crippen molar-refractivity contribution in [2.45, 2.75) is 18.5 Å². The predicted octanol–water partition coefficient (Wildman–Crippen LogP) is 0.739. The molecule has 1 heterocycles. The average Bonchev–Trinajstić information content (AvgIpc) is 2.40. The number of hydrogen-bond donors (Lipinski definition) is 2. The number of nitrogens with two attached hydrogens (primary N) is 1. The van der Waals surface area contributed by atoms with Crippen LogP contribution >= 0.6 is 0 Å². The zero-order valence-electron chi connectivity index (χ0n) is 10.7. The van der Waals surface area contributed by atoms with Gasteiger partial charge in [0.05, 0.1) is 19.3 Å². The molecule has 104 valence electrons. The van der Waals surface area contributed by atoms with Gasteiger partial charge < -0.3 is 20.5 Å². The molecule has 1 aromatic carbocycles. The van der Waals surface area contributed by atoms with Gasteiger partial charge in [-0.3, -0.25) is 4.79 Å². The van der Waals surface area contributed by atoms with Crippen LogP contribution in [-0.2, 0) is 9.53 Å². The summed E-state index contributed by atoms with van der Waals surface area (Å²) in [5.74, 6) is -0.527. The first-order chi connectivity index (χ1) is 9.13. The van der Waals surface area contributed by atoms with Crippen LogP contribution in [0.25, 0.3) is 0 Å². The Kier molecular flexibility index (Phi) is 4.34. The Balaban J connectivity index is 2.12. The van der Waals surface area contributed by atoms with E-state index >= 15 is 0 Å². The van der Waals surface area contributed by atoms with Gasteiger partial charge in [0.1, 0.15) is 6.04 Å². The molecule has 0 spiro atoms. The number of ether oxygens (including phenoxy) is 2. The minimum Gasteiger partial charge on any atom is -0.490 e. The van der Waals surface area contributed by atoms with Crippen molar-refractivity contribution in [2.75, 3.05) is 20.3 Å². The van der Waals surface area contributed by atoms with Crippen molar-refractivity contribution >= 4 is 5.91 Å². The average molecular weight is 268 g/mol. The second-order valence-electron chi connectivity index (χ2n) is 4.42. The van der Waals surface area contributed by atoms with Crippen molar-refractivity contribution in [3.8, 4) is 5.75 Å². The number of amides is 1. The van der Waals surface area contributed by atoms with Gasteiger partial charge in [0.15, 0.2) is 11.6 Å². The summed E-state index contributed by atoms with van der Waals surface area (Å²) in [6, 6.07) is 3.65. The SMILES string of the molecule is COCC(N)C(=O)N[C@@H]1CCOc2c(F)cccc21. The Bertz CT molecular complexity index is 467. The van der Waals surface area contributed by atoms with Crippen LogP contribution in [0.1, 0.15) is 18.0 Å². The topological polar surface area (TPSA) is 73.6 Å². The van der Waals surface area contributed by atoms with Gasteiger partial charge in [-0.2, -0.15) is 0 Å². The van der Waals surface area contributed by atoms with Crippen LogP contribution < -0.4 is 15.8 Å². The van der Waals surface area contributed by atoms with Crippen LogP contribution in [0.3, 0.4) is 0 Å². The molecule has 0 saturated carbocycles. The molecule has 0 saturated heterocycles. The molecule has 1 aromatic rings. The van der Waals surface area contributed by atoms with Crippen molar-refractivity contribution in [3.63, 3.8) is 0 Å². The maximum Gasteiger partial charge on any atom is 0.239 e. The Morgan fingerprint density at radius 1 is 1.68 bits per heavy atom. The summed E-state index contributed by atoms with van der Waals surface area (Å²) in [5, 5.41) is 2.80. The van der Waals surface area contributed by atoms with Crippen molar-refractivity contribution in [1.82, 2.24) is 5.32 Å². The number of halogens is 1. The highest BCUT2D eigenvalue weighted by Crippen LogP contribution is 2.33. The molecule has 1 amide bonds. The quantitative estimate of drug-likeness (QED) is 0.844. The molecule has 1 aliphatic heterocycles. The van der Waals surface area contributed by atoms with E-state index in [4.69, 9.17) is 15.2 Å². The normalized spacial score (nSPS) is 19.2. The van der Waals surface area contributed by atoms with Crippen molar-refractivity contribution in [2.24, 2.45) is 5.73 Å². The number of para-hydroxylation sites is 1. The summed E-state index contributed by atoms with van der Waals surface area (Å²) in [6.07, 6.45) is 0.585. The first-order valence-electron chi connectivity index (χ1n) is 6.09. The fourth-order valence-corrected chi connectivity index (χ4v) is 2.07. The molecule has 3 N–H and O–H groups in total. The van der Waals surface area contributed by atoms with Crippen LogP contribution in [0.2, 0.25) is 0 Å². The van der Waals surface area contributed by atoms with Crippen LogP contribution in [0.4, 0.5) is 4.39 Å². The van der Waals surface area contributed by atoms with Gasteiger partial charge in [-0.15, -0.1) is 0 Å². The van der Waals surface area contributed by atoms with Gasteiger partial charge in [-0.05, 0) is 6.07 Å². The van der Waals surface area contributed by atoms with E-state index in [0.29, 0.717) is 18.6 Å². The second-order valence-corrected chi connectivity index (χ2v) is 4.42. The van der Waals surface area contributed by atoms with E-state index in [-0.39, 0.29) is 24.3 Å². The fourth-order valence-electron chi connectivity index (χ4n) is 2.07. The van der Waals surface area contributed by atoms with E-state index in [0.717, 1.165) is 0 Å². The third-order valence-electron chi connectivity index (χ3n) is 3.03. The van der Waals surface area contributed by atoms with E-state index in [1.807, 2.05) is 0 Å². The zero-order chi connectivity index (χ0) is 13.8. The monoisotopic (exact) mass is 268 g/mol. The largest absolute Gasteiger partial charge is 0.490 e. The standard InChI is InChI=1S/C13H17FN2O3/c1-18-7-10(15)13(17)16-11-5-6-19-12-8(11)3-2-4-9(12)14/h2-4,10-11H,5-7,15H2,1H3,(H,16,17)/t10?,11-/m1/s1. The molecular weight excluding hydrogens is 251 g/mol. The lowest BCUT2D eigenvalue weighted by Gasteiger charge is -2.27. The molecule has 5 nitrogen and oxygen atoms in total. The molecule has 1 unspecified atom stereocenters. The molecule has 2 rings (SSSR count). The van der Waals surface area contributed by atoms with Gasteiger partial charge in [0, 0.05) is 19.1 Å². The zero-order valence-corrected chi connectivity index (χ0v) is 10.7. The Morgan fingerprint density at radius 3 is 3.21 bits per heavy atom. The highest BCUT2D eigenvalue weighted by Gasteiger charge is 2.26. The van der Waals surface area contributed by atoms with Crippen molar-refractivity contribution in [3.05, 3.63) is 29.6 Å². The van der Waals surface area contributed by atoms with Gasteiger partial charge in [0.25, 0.3) is 0 Å². The third kappa shape index (κ3) is 3.02. The lowest BCUT2D eigenvalue weighted by molar-refractivity contribution is -0.124. The lowest BCUT2D eigenvalue weighted by Crippen LogP contribution is -2.45. The number of methoxy groups -OCH3 is 1. The molecule has 2 atom stereocenters. The summed E-state index contributed by atoms with van der Waals surface area (Å²) >= 11 is 0. The molecule has 0 bridgehead atoms. The van der Waals surface area contributed by atoms with Crippen molar-refractivity contribution in [1.29, 1.82) is 0 Å². The van der Waals surface area contributed by atoms with Crippen LogP contribution in [0.15, 0.2) is 18.2 Å². The van der Waals surface area contributed by atoms with E-state index in [9.17, 15) is 9.18 Å². The van der Waals surface area contributed by atoms with Crippen molar-refractivity contribution < 1.29 is 18.7 Å². The number of nitrogens with one attached hydrogen (secondary N) is 1. The maximum atomic E-state index is 13.6. The second kappa shape index (κ2) is 5.99. The van der Waals surface area contributed by atoms with Crippen LogP contribution in [0, 0.1) is 5.82 Å². The fraction of sp³-hybridized carbons (Fsp3) is 0.462. The predicted molar refractivity (Wildman–Crippen MR) is 67.2 cm³/mol. The summed E-state index contributed by atoms with van der Waals surface area (Å²) in [7, 11) is 1.48. The van der Waals surface area contributed by atoms with E-state index in [1.54, 1.807) is 12.1 Å². The molecule has 1 aliphatic rings. The first kappa shape index (κ1) is 13.8. The summed E-state index contributed by atoms with van der Waals surface area (Å²) < 4.78 is 23.7. The first-order valence-corrected chi connectivity index (χ1v) is 6.09. The molecular formula is C13H17FN2O3. The van der Waals surface area contributed by atoms with Gasteiger partial charge in [-0.25, -0.2) is 4.39 Å². The van der Waals surface area contributed by atoms with E-state index in [1.165, 1.54) is 13.2 Å². The number of carbonyl (C=O) groups excluding carboxylic acids is 1.